The quantitative estimate of drug-likeness (QED) is 0.134. The maximum absolute atomic E-state index is 6.73. The predicted octanol–water partition coefficient (Wildman–Crippen LogP) is 9.11. The van der Waals surface area contributed by atoms with E-state index in [0.29, 0.717) is 15.2 Å². The third-order valence-electron chi connectivity index (χ3n) is 7.30. The lowest BCUT2D eigenvalue weighted by molar-refractivity contribution is 0.295. The third kappa shape index (κ3) is 7.55. The number of ether oxygens (including phenoxy) is 1. The molecule has 198 valence electrons. The molecule has 0 saturated carbocycles. The van der Waals surface area contributed by atoms with Crippen LogP contribution in [-0.2, 0) is 17.2 Å². The molecule has 3 rings (SSSR count). The number of unbranched alkanes of at least 4 members (excludes halogenated alkanes) is 2. The molecule has 0 aliphatic carbocycles. The highest BCUT2D eigenvalue weighted by molar-refractivity contribution is 7.48. The number of benzene rings is 3. The van der Waals surface area contributed by atoms with E-state index in [1.165, 1.54) is 52.4 Å². The fourth-order valence-electron chi connectivity index (χ4n) is 5.00. The highest BCUT2D eigenvalue weighted by Gasteiger charge is 2.35. The Labute approximate surface area is 227 Å². The average molecular weight is 516 g/mol. The minimum Gasteiger partial charge on any atom is -0.488 e. The van der Waals surface area contributed by atoms with E-state index in [2.05, 4.69) is 113 Å². The van der Waals surface area contributed by atoms with Crippen molar-refractivity contribution in [3.05, 3.63) is 94.5 Å². The molecule has 2 unspecified atom stereocenters. The van der Waals surface area contributed by atoms with Gasteiger partial charge in [-0.2, -0.15) is 0 Å². The van der Waals surface area contributed by atoms with Gasteiger partial charge < -0.3 is 4.74 Å². The molecule has 0 aliphatic rings. The van der Waals surface area contributed by atoms with E-state index in [-0.39, 0.29) is 10.6 Å². The molecule has 2 atom stereocenters. The number of hydrogen-bond donors (Lipinski definition) is 0. The normalized spacial score (nSPS) is 13.9. The Morgan fingerprint density at radius 2 is 1.62 bits per heavy atom. The summed E-state index contributed by atoms with van der Waals surface area (Å²) in [7, 11) is 2.50. The maximum atomic E-state index is 6.73. The SMILES string of the molecule is CCCCCC(CC)(Pc1ccccc1/C=N/C)c1cc(C(C)(C)C)cc(C)c1OCc1ccccc1. The second kappa shape index (κ2) is 13.4. The van der Waals surface area contributed by atoms with Gasteiger partial charge in [-0.3, -0.25) is 4.99 Å². The Morgan fingerprint density at radius 1 is 0.919 bits per heavy atom. The fourth-order valence-corrected chi connectivity index (χ4v) is 6.79. The van der Waals surface area contributed by atoms with Gasteiger partial charge in [-0.15, -0.1) is 0 Å². The Hall–Kier alpha value is -2.44. The van der Waals surface area contributed by atoms with Gasteiger partial charge in [0, 0.05) is 24.0 Å². The lowest BCUT2D eigenvalue weighted by atomic mass is 9.80. The fraction of sp³-hybridized carbons (Fsp3) is 0.441. The number of rotatable bonds is 12. The summed E-state index contributed by atoms with van der Waals surface area (Å²) < 4.78 is 6.73. The molecule has 3 aromatic rings. The first-order chi connectivity index (χ1) is 17.7. The van der Waals surface area contributed by atoms with Crippen molar-refractivity contribution in [1.82, 2.24) is 0 Å². The first kappa shape index (κ1) is 29.1. The lowest BCUT2D eigenvalue weighted by Gasteiger charge is -2.37. The molecule has 37 heavy (non-hydrogen) atoms. The van der Waals surface area contributed by atoms with Gasteiger partial charge in [-0.1, -0.05) is 129 Å². The Kier molecular flexibility index (Phi) is 10.5. The van der Waals surface area contributed by atoms with Crippen LogP contribution >= 0.6 is 8.58 Å². The molecule has 3 heteroatoms. The Balaban J connectivity index is 2.20. The Morgan fingerprint density at radius 3 is 2.27 bits per heavy atom. The van der Waals surface area contributed by atoms with Crippen LogP contribution in [0.1, 0.15) is 94.5 Å². The van der Waals surface area contributed by atoms with Gasteiger partial charge >= 0.3 is 0 Å². The summed E-state index contributed by atoms with van der Waals surface area (Å²) in [6.07, 6.45) is 7.93. The zero-order valence-corrected chi connectivity index (χ0v) is 25.0. The van der Waals surface area contributed by atoms with Crippen LogP contribution in [0, 0.1) is 6.92 Å². The van der Waals surface area contributed by atoms with Crippen LogP contribution in [0.15, 0.2) is 71.7 Å². The second-order valence-electron chi connectivity index (χ2n) is 11.2. The van der Waals surface area contributed by atoms with Crippen LogP contribution in [-0.4, -0.2) is 13.3 Å². The van der Waals surface area contributed by atoms with Crippen molar-refractivity contribution in [3.63, 3.8) is 0 Å². The minimum atomic E-state index is 0.00486. The highest BCUT2D eigenvalue weighted by atomic mass is 31.1. The van der Waals surface area contributed by atoms with Crippen molar-refractivity contribution >= 4 is 20.1 Å². The van der Waals surface area contributed by atoms with Gasteiger partial charge in [-0.25, -0.2) is 0 Å². The van der Waals surface area contributed by atoms with Gasteiger partial charge in [0.2, 0.25) is 0 Å². The summed E-state index contributed by atoms with van der Waals surface area (Å²) in [5.41, 5.74) is 6.50. The molecular weight excluding hydrogens is 469 g/mol. The van der Waals surface area contributed by atoms with Crippen molar-refractivity contribution < 1.29 is 4.74 Å². The van der Waals surface area contributed by atoms with Crippen LogP contribution in [0.2, 0.25) is 0 Å². The largest absolute Gasteiger partial charge is 0.488 e. The molecule has 0 aliphatic heterocycles. The number of nitrogens with zero attached hydrogens (tertiary/aromatic N) is 1. The van der Waals surface area contributed by atoms with Gasteiger partial charge in [0.05, 0.1) is 0 Å². The monoisotopic (exact) mass is 515 g/mol. The van der Waals surface area contributed by atoms with Crippen molar-refractivity contribution in [2.45, 2.75) is 90.8 Å². The van der Waals surface area contributed by atoms with E-state index in [1.54, 1.807) is 0 Å². The summed E-state index contributed by atoms with van der Waals surface area (Å²) in [6.45, 7) is 14.4. The first-order valence-corrected chi connectivity index (χ1v) is 14.9. The molecule has 0 bridgehead atoms. The highest BCUT2D eigenvalue weighted by Crippen LogP contribution is 2.53. The van der Waals surface area contributed by atoms with E-state index in [4.69, 9.17) is 4.74 Å². The van der Waals surface area contributed by atoms with Crippen LogP contribution < -0.4 is 10.0 Å². The van der Waals surface area contributed by atoms with E-state index < -0.39 is 0 Å². The minimum absolute atomic E-state index is 0.00486. The second-order valence-corrected chi connectivity index (χ2v) is 12.9. The molecule has 0 saturated heterocycles. The average Bonchev–Trinajstić information content (AvgIpc) is 2.88. The van der Waals surface area contributed by atoms with Gasteiger partial charge in [0.15, 0.2) is 0 Å². The smallest absolute Gasteiger partial charge is 0.126 e. The predicted molar refractivity (Wildman–Crippen MR) is 165 cm³/mol. The van der Waals surface area contributed by atoms with Crippen molar-refractivity contribution in [3.8, 4) is 5.75 Å². The third-order valence-corrected chi connectivity index (χ3v) is 9.37. The standard InChI is InChI=1S/C34H46NOP/c1-8-10-16-21-34(9-2,37-31-20-15-14-19-28(31)24-35-7)30-23-29(33(4,5)6)22-26(3)32(30)36-25-27-17-12-11-13-18-27/h11-15,17-20,22-24,37H,8-10,16,21,25H2,1-7H3/b35-24+. The van der Waals surface area contributed by atoms with Gasteiger partial charge in [0.25, 0.3) is 0 Å². The number of aliphatic imine (C=N–C) groups is 1. The van der Waals surface area contributed by atoms with Crippen LogP contribution in [0.5, 0.6) is 5.75 Å². The summed E-state index contributed by atoms with van der Waals surface area (Å²) in [4.78, 5) is 4.37. The molecule has 0 amide bonds. The van der Waals surface area contributed by atoms with Crippen LogP contribution in [0.3, 0.4) is 0 Å². The van der Waals surface area contributed by atoms with E-state index in [1.807, 2.05) is 13.3 Å². The van der Waals surface area contributed by atoms with Crippen molar-refractivity contribution in [2.24, 2.45) is 4.99 Å². The lowest BCUT2D eigenvalue weighted by Crippen LogP contribution is -2.26. The molecule has 0 radical (unpaired) electrons. The number of hydrogen-bond acceptors (Lipinski definition) is 2. The molecular formula is C34H46NOP. The number of aryl methyl sites for hydroxylation is 1. The molecule has 0 N–H and O–H groups in total. The molecule has 0 aromatic heterocycles. The van der Waals surface area contributed by atoms with Gasteiger partial charge in [0.1, 0.15) is 12.4 Å². The maximum Gasteiger partial charge on any atom is 0.126 e. The zero-order chi connectivity index (χ0) is 26.9. The molecule has 0 fully saturated rings. The summed E-state index contributed by atoms with van der Waals surface area (Å²) in [5, 5.41) is 1.39. The van der Waals surface area contributed by atoms with Gasteiger partial charge in [-0.05, 0) is 52.7 Å². The molecule has 3 aromatic carbocycles. The first-order valence-electron chi connectivity index (χ1n) is 13.9. The van der Waals surface area contributed by atoms with E-state index in [9.17, 15) is 0 Å². The summed E-state index contributed by atoms with van der Waals surface area (Å²) in [6, 6.07) is 24.1. The van der Waals surface area contributed by atoms with Crippen LogP contribution in [0.4, 0.5) is 0 Å². The molecule has 0 spiro atoms. The zero-order valence-electron chi connectivity index (χ0n) is 24.0. The van der Waals surface area contributed by atoms with E-state index in [0.717, 1.165) is 18.6 Å². The topological polar surface area (TPSA) is 21.6 Å². The summed E-state index contributed by atoms with van der Waals surface area (Å²) >= 11 is 0. The van der Waals surface area contributed by atoms with E-state index >= 15 is 0 Å². The Bertz CT molecular complexity index is 1160. The van der Waals surface area contributed by atoms with Crippen molar-refractivity contribution in [2.75, 3.05) is 7.05 Å². The molecule has 2 nitrogen and oxygen atoms in total. The van der Waals surface area contributed by atoms with Crippen molar-refractivity contribution in [1.29, 1.82) is 0 Å². The summed E-state index contributed by atoms with van der Waals surface area (Å²) in [5.74, 6) is 1.07. The van der Waals surface area contributed by atoms with Crippen LogP contribution in [0.25, 0.3) is 0 Å². The molecule has 0 heterocycles.